The molecule has 0 amide bonds. The topological polar surface area (TPSA) is 51.5 Å². The van der Waals surface area contributed by atoms with Crippen LogP contribution in [0.15, 0.2) is 30.5 Å². The van der Waals surface area contributed by atoms with Crippen LogP contribution >= 0.6 is 0 Å². The summed E-state index contributed by atoms with van der Waals surface area (Å²) in [4.78, 5) is 11.1. The molecule has 0 aliphatic heterocycles. The van der Waals surface area contributed by atoms with E-state index in [9.17, 15) is 4.79 Å². The summed E-state index contributed by atoms with van der Waals surface area (Å²) in [6.07, 6.45) is 2.11. The van der Waals surface area contributed by atoms with Gasteiger partial charge in [0, 0.05) is 23.6 Å². The molecule has 4 nitrogen and oxygen atoms in total. The van der Waals surface area contributed by atoms with Gasteiger partial charge in [0.25, 0.3) is 0 Å². The molecule has 2 rings (SSSR count). The van der Waals surface area contributed by atoms with Crippen LogP contribution in [-0.4, -0.2) is 28.4 Å². The van der Waals surface area contributed by atoms with Crippen molar-refractivity contribution in [1.29, 1.82) is 0 Å². The van der Waals surface area contributed by atoms with Crippen molar-refractivity contribution in [1.82, 2.24) is 4.57 Å². The minimum Gasteiger partial charge on any atom is -0.478 e. The largest absolute Gasteiger partial charge is 0.478 e. The zero-order valence-electron chi connectivity index (χ0n) is 10.6. The zero-order chi connectivity index (χ0) is 13.1. The Hall–Kier alpha value is -1.81. The number of aromatic carboxylic acids is 1. The summed E-state index contributed by atoms with van der Waals surface area (Å²) >= 11 is 0. The molecule has 0 saturated heterocycles. The highest BCUT2D eigenvalue weighted by Crippen LogP contribution is 2.20. The number of benzene rings is 1. The minimum atomic E-state index is -0.892. The summed E-state index contributed by atoms with van der Waals surface area (Å²) in [5.41, 5.74) is 1.28. The van der Waals surface area contributed by atoms with Crippen LogP contribution < -0.4 is 0 Å². The van der Waals surface area contributed by atoms with Crippen LogP contribution in [0.5, 0.6) is 0 Å². The van der Waals surface area contributed by atoms with Gasteiger partial charge in [-0.3, -0.25) is 0 Å². The van der Waals surface area contributed by atoms with Crippen LogP contribution in [-0.2, 0) is 11.3 Å². The molecule has 0 fully saturated rings. The van der Waals surface area contributed by atoms with E-state index in [1.54, 1.807) is 12.1 Å². The first-order valence-corrected chi connectivity index (χ1v) is 6.02. The first kappa shape index (κ1) is 12.6. The van der Waals surface area contributed by atoms with Gasteiger partial charge in [-0.1, -0.05) is 6.07 Å². The van der Waals surface area contributed by atoms with Crippen molar-refractivity contribution in [2.24, 2.45) is 0 Å². The van der Waals surface area contributed by atoms with Gasteiger partial charge in [-0.05, 0) is 32.0 Å². The maximum absolute atomic E-state index is 11.1. The van der Waals surface area contributed by atoms with E-state index >= 15 is 0 Å². The normalized spacial score (nSPS) is 11.3. The van der Waals surface area contributed by atoms with Crippen molar-refractivity contribution in [3.05, 3.63) is 36.0 Å². The Balaban J connectivity index is 2.26. The number of ether oxygens (including phenoxy) is 1. The van der Waals surface area contributed by atoms with Crippen molar-refractivity contribution < 1.29 is 14.6 Å². The van der Waals surface area contributed by atoms with E-state index < -0.39 is 5.97 Å². The van der Waals surface area contributed by atoms with Gasteiger partial charge in [0.1, 0.15) is 0 Å². The molecule has 96 valence electrons. The van der Waals surface area contributed by atoms with Crippen LogP contribution in [0.25, 0.3) is 10.9 Å². The van der Waals surface area contributed by atoms with Crippen LogP contribution in [0.2, 0.25) is 0 Å². The molecule has 0 atom stereocenters. The van der Waals surface area contributed by atoms with Gasteiger partial charge in [0.2, 0.25) is 0 Å². The first-order valence-electron chi connectivity index (χ1n) is 6.02. The molecule has 1 N–H and O–H groups in total. The molecule has 1 heterocycles. The molecule has 1 aromatic heterocycles. The maximum Gasteiger partial charge on any atom is 0.336 e. The Bertz CT molecular complexity index is 557. The third-order valence-corrected chi connectivity index (χ3v) is 2.83. The molecule has 2 aromatic rings. The van der Waals surface area contributed by atoms with E-state index in [2.05, 4.69) is 0 Å². The average molecular weight is 247 g/mol. The van der Waals surface area contributed by atoms with Gasteiger partial charge < -0.3 is 14.4 Å². The Labute approximate surface area is 106 Å². The highest BCUT2D eigenvalue weighted by molar-refractivity contribution is 6.02. The van der Waals surface area contributed by atoms with E-state index in [4.69, 9.17) is 9.84 Å². The van der Waals surface area contributed by atoms with Gasteiger partial charge in [0.05, 0.1) is 18.3 Å². The standard InChI is InChI=1S/C14H17NO3/c1-10(2)18-9-8-15-7-6-11-12(14(16)17)4-3-5-13(11)15/h3-7,10H,8-9H2,1-2H3,(H,16,17). The lowest BCUT2D eigenvalue weighted by molar-refractivity contribution is 0.0699. The van der Waals surface area contributed by atoms with E-state index in [0.717, 1.165) is 17.4 Å². The summed E-state index contributed by atoms with van der Waals surface area (Å²) in [6, 6.07) is 7.16. The number of rotatable bonds is 5. The lowest BCUT2D eigenvalue weighted by Crippen LogP contribution is -2.09. The SMILES string of the molecule is CC(C)OCCn1ccc2c(C(=O)O)cccc21. The molecule has 0 spiro atoms. The van der Waals surface area contributed by atoms with Crippen molar-refractivity contribution in [3.8, 4) is 0 Å². The Morgan fingerprint density at radius 2 is 2.17 bits per heavy atom. The van der Waals surface area contributed by atoms with Gasteiger partial charge >= 0.3 is 5.97 Å². The number of hydrogen-bond donors (Lipinski definition) is 1. The minimum absolute atomic E-state index is 0.210. The highest BCUT2D eigenvalue weighted by atomic mass is 16.5. The van der Waals surface area contributed by atoms with Gasteiger partial charge in [-0.2, -0.15) is 0 Å². The number of aromatic nitrogens is 1. The van der Waals surface area contributed by atoms with E-state index in [-0.39, 0.29) is 6.10 Å². The van der Waals surface area contributed by atoms with E-state index in [1.165, 1.54) is 0 Å². The molecule has 0 aliphatic rings. The van der Waals surface area contributed by atoms with Crippen LogP contribution in [0.1, 0.15) is 24.2 Å². The summed E-state index contributed by atoms with van der Waals surface area (Å²) < 4.78 is 7.52. The number of fused-ring (bicyclic) bond motifs is 1. The second-order valence-electron chi connectivity index (χ2n) is 4.47. The molecule has 18 heavy (non-hydrogen) atoms. The van der Waals surface area contributed by atoms with Gasteiger partial charge in [-0.15, -0.1) is 0 Å². The molecule has 1 aromatic carbocycles. The van der Waals surface area contributed by atoms with Crippen LogP contribution in [0.3, 0.4) is 0 Å². The molecular weight excluding hydrogens is 230 g/mol. The third-order valence-electron chi connectivity index (χ3n) is 2.83. The van der Waals surface area contributed by atoms with Crippen molar-refractivity contribution >= 4 is 16.9 Å². The maximum atomic E-state index is 11.1. The number of carboxylic acid groups (broad SMARTS) is 1. The Morgan fingerprint density at radius 3 is 2.83 bits per heavy atom. The third kappa shape index (κ3) is 2.54. The van der Waals surface area contributed by atoms with Crippen molar-refractivity contribution in [3.63, 3.8) is 0 Å². The summed E-state index contributed by atoms with van der Waals surface area (Å²) in [7, 11) is 0. The quantitative estimate of drug-likeness (QED) is 0.883. The molecule has 4 heteroatoms. The van der Waals surface area contributed by atoms with E-state index in [0.29, 0.717) is 12.2 Å². The fraction of sp³-hybridized carbons (Fsp3) is 0.357. The van der Waals surface area contributed by atoms with Gasteiger partial charge in [0.15, 0.2) is 0 Å². The number of hydrogen-bond acceptors (Lipinski definition) is 2. The average Bonchev–Trinajstić information content (AvgIpc) is 2.72. The lowest BCUT2D eigenvalue weighted by atomic mass is 10.1. The summed E-state index contributed by atoms with van der Waals surface area (Å²) in [6.45, 7) is 5.34. The molecule has 0 aliphatic carbocycles. The molecule has 0 bridgehead atoms. The number of carboxylic acids is 1. The number of carbonyl (C=O) groups is 1. The highest BCUT2D eigenvalue weighted by Gasteiger charge is 2.10. The van der Waals surface area contributed by atoms with Crippen LogP contribution in [0, 0.1) is 0 Å². The Morgan fingerprint density at radius 1 is 1.39 bits per heavy atom. The Kier molecular flexibility index (Phi) is 3.67. The van der Waals surface area contributed by atoms with Crippen LogP contribution in [0.4, 0.5) is 0 Å². The molecular formula is C14H17NO3. The fourth-order valence-corrected chi connectivity index (χ4v) is 1.99. The first-order chi connectivity index (χ1) is 8.59. The van der Waals surface area contributed by atoms with E-state index in [1.807, 2.05) is 36.7 Å². The second-order valence-corrected chi connectivity index (χ2v) is 4.47. The lowest BCUT2D eigenvalue weighted by Gasteiger charge is -2.09. The monoisotopic (exact) mass is 247 g/mol. The smallest absolute Gasteiger partial charge is 0.336 e. The fourth-order valence-electron chi connectivity index (χ4n) is 1.99. The molecule has 0 radical (unpaired) electrons. The summed E-state index contributed by atoms with van der Waals surface area (Å²) in [5.74, 6) is -0.892. The van der Waals surface area contributed by atoms with Gasteiger partial charge in [-0.25, -0.2) is 4.79 Å². The number of nitrogens with zero attached hydrogens (tertiary/aromatic N) is 1. The zero-order valence-corrected chi connectivity index (χ0v) is 10.6. The molecule has 0 unspecified atom stereocenters. The summed E-state index contributed by atoms with van der Waals surface area (Å²) in [5, 5.41) is 9.88. The van der Waals surface area contributed by atoms with Crippen molar-refractivity contribution in [2.45, 2.75) is 26.5 Å². The predicted octanol–water partition coefficient (Wildman–Crippen LogP) is 2.76. The molecule has 0 saturated carbocycles. The van der Waals surface area contributed by atoms with Crippen molar-refractivity contribution in [2.75, 3.05) is 6.61 Å². The second kappa shape index (κ2) is 5.23. The predicted molar refractivity (Wildman–Crippen MR) is 70.0 cm³/mol.